The molecule has 0 aliphatic carbocycles. The maximum absolute atomic E-state index is 13.1. The molecule has 2 heterocycles. The molecule has 0 unspecified atom stereocenters. The fraction of sp³-hybridized carbons (Fsp3) is 0.346. The smallest absolute Gasteiger partial charge is 0.409 e. The third-order valence-corrected chi connectivity index (χ3v) is 9.27. The Bertz CT molecular complexity index is 1510. The monoisotopic (exact) mass is 542 g/mol. The summed E-state index contributed by atoms with van der Waals surface area (Å²) in [6, 6.07) is 9.97. The molecule has 37 heavy (non-hydrogen) atoms. The number of aromatic nitrogens is 1. The van der Waals surface area contributed by atoms with Gasteiger partial charge in [-0.2, -0.15) is 9.30 Å². The molecule has 1 aromatic heterocycles. The van der Waals surface area contributed by atoms with Gasteiger partial charge in [-0.25, -0.2) is 13.2 Å². The molecule has 1 saturated heterocycles. The van der Waals surface area contributed by atoms with E-state index >= 15 is 0 Å². The van der Waals surface area contributed by atoms with Crippen LogP contribution in [0.5, 0.6) is 0 Å². The number of hydrogen-bond acceptors (Lipinski definition) is 6. The maximum Gasteiger partial charge on any atom is 0.409 e. The molecule has 0 spiro atoms. The summed E-state index contributed by atoms with van der Waals surface area (Å²) >= 11 is 1.44. The quantitative estimate of drug-likeness (QED) is 0.442. The summed E-state index contributed by atoms with van der Waals surface area (Å²) in [4.78, 5) is 31.4. The summed E-state index contributed by atoms with van der Waals surface area (Å²) in [5, 5.41) is 0. The van der Waals surface area contributed by atoms with Gasteiger partial charge in [-0.3, -0.25) is 4.79 Å². The number of sulfonamides is 1. The fourth-order valence-electron chi connectivity index (χ4n) is 4.30. The van der Waals surface area contributed by atoms with E-state index in [1.54, 1.807) is 13.0 Å². The first-order chi connectivity index (χ1) is 17.6. The van der Waals surface area contributed by atoms with Crippen LogP contribution in [-0.4, -0.2) is 67.0 Å². The number of ether oxygens (including phenoxy) is 1. The Balaban J connectivity index is 1.55. The number of piperazine rings is 1. The van der Waals surface area contributed by atoms with Gasteiger partial charge >= 0.3 is 6.09 Å². The summed E-state index contributed by atoms with van der Waals surface area (Å²) in [7, 11) is -3.77. The molecule has 11 heteroatoms. The Morgan fingerprint density at radius 3 is 2.41 bits per heavy atom. The van der Waals surface area contributed by atoms with E-state index in [1.807, 2.05) is 18.4 Å². The van der Waals surface area contributed by atoms with E-state index in [-0.39, 0.29) is 37.7 Å². The first-order valence-electron chi connectivity index (χ1n) is 12.0. The van der Waals surface area contributed by atoms with Crippen LogP contribution in [0.1, 0.15) is 28.4 Å². The second kappa shape index (κ2) is 11.0. The summed E-state index contributed by atoms with van der Waals surface area (Å²) in [5.74, 6) is -0.453. The third-order valence-electron chi connectivity index (χ3n) is 6.13. The number of hydrogen-bond donors (Lipinski definition) is 0. The van der Waals surface area contributed by atoms with Crippen molar-refractivity contribution in [3.8, 4) is 0 Å². The summed E-state index contributed by atoms with van der Waals surface area (Å²) < 4.78 is 35.6. The van der Waals surface area contributed by atoms with Crippen molar-refractivity contribution in [1.29, 1.82) is 0 Å². The second-order valence-electron chi connectivity index (χ2n) is 8.75. The maximum atomic E-state index is 13.1. The lowest BCUT2D eigenvalue weighted by atomic mass is 10.1. The lowest BCUT2D eigenvalue weighted by Gasteiger charge is -2.33. The van der Waals surface area contributed by atoms with Gasteiger partial charge in [0.15, 0.2) is 4.80 Å². The zero-order valence-electron chi connectivity index (χ0n) is 21.1. The van der Waals surface area contributed by atoms with Gasteiger partial charge < -0.3 is 14.2 Å². The van der Waals surface area contributed by atoms with Crippen LogP contribution in [0, 0.1) is 13.8 Å². The van der Waals surface area contributed by atoms with Crippen LogP contribution in [0.25, 0.3) is 10.2 Å². The normalized spacial score (nSPS) is 15.2. The number of amides is 2. The van der Waals surface area contributed by atoms with Crippen LogP contribution in [0.15, 0.2) is 58.9 Å². The minimum atomic E-state index is -3.77. The van der Waals surface area contributed by atoms with Crippen LogP contribution >= 0.6 is 11.3 Å². The molecule has 1 fully saturated rings. The van der Waals surface area contributed by atoms with Crippen molar-refractivity contribution in [1.82, 2.24) is 13.8 Å². The predicted molar refractivity (Wildman–Crippen MR) is 143 cm³/mol. The Kier molecular flexibility index (Phi) is 7.96. The average Bonchev–Trinajstić information content (AvgIpc) is 3.21. The van der Waals surface area contributed by atoms with Crippen molar-refractivity contribution >= 4 is 43.6 Å². The second-order valence-corrected chi connectivity index (χ2v) is 11.7. The molecule has 9 nitrogen and oxygen atoms in total. The Hall–Kier alpha value is -3.28. The van der Waals surface area contributed by atoms with Crippen molar-refractivity contribution in [2.75, 3.05) is 32.8 Å². The van der Waals surface area contributed by atoms with E-state index in [9.17, 15) is 18.0 Å². The molecule has 2 amide bonds. The largest absolute Gasteiger partial charge is 0.450 e. The molecule has 1 aliphatic rings. The first kappa shape index (κ1) is 26.8. The van der Waals surface area contributed by atoms with Crippen LogP contribution in [0.2, 0.25) is 0 Å². The molecule has 4 rings (SSSR count). The van der Waals surface area contributed by atoms with Gasteiger partial charge in [0.1, 0.15) is 0 Å². The molecular weight excluding hydrogens is 512 g/mol. The zero-order valence-corrected chi connectivity index (χ0v) is 22.8. The SMILES string of the molecule is C=CCn1c(=NC(=O)c2ccc(S(=O)(=O)N3CCN(C(=O)OCC)CC3)cc2)sc2c(C)cc(C)cc21. The van der Waals surface area contributed by atoms with Crippen LogP contribution in [0.4, 0.5) is 4.79 Å². The lowest BCUT2D eigenvalue weighted by Crippen LogP contribution is -2.50. The summed E-state index contributed by atoms with van der Waals surface area (Å²) in [6.45, 7) is 11.3. The third kappa shape index (κ3) is 5.53. The molecule has 0 saturated carbocycles. The van der Waals surface area contributed by atoms with Gasteiger partial charge in [-0.05, 0) is 62.2 Å². The number of rotatable bonds is 6. The van der Waals surface area contributed by atoms with Crippen LogP contribution in [0.3, 0.4) is 0 Å². The van der Waals surface area contributed by atoms with Crippen molar-refractivity contribution < 1.29 is 22.7 Å². The first-order valence-corrected chi connectivity index (χ1v) is 14.2. The van der Waals surface area contributed by atoms with E-state index in [0.717, 1.165) is 21.3 Å². The van der Waals surface area contributed by atoms with Gasteiger partial charge in [-0.1, -0.05) is 23.5 Å². The average molecular weight is 543 g/mol. The number of allylic oxidation sites excluding steroid dienone is 1. The minimum Gasteiger partial charge on any atom is -0.450 e. The fourth-order valence-corrected chi connectivity index (χ4v) is 6.81. The van der Waals surface area contributed by atoms with Crippen molar-refractivity contribution in [2.24, 2.45) is 4.99 Å². The lowest BCUT2D eigenvalue weighted by molar-refractivity contribution is 0.0933. The Morgan fingerprint density at radius 2 is 1.78 bits per heavy atom. The Labute approximate surface area is 220 Å². The van der Waals surface area contributed by atoms with E-state index in [2.05, 4.69) is 23.7 Å². The number of carbonyl (C=O) groups excluding carboxylic acids is 2. The summed E-state index contributed by atoms with van der Waals surface area (Å²) in [6.07, 6.45) is 1.32. The number of nitrogens with zero attached hydrogens (tertiary/aromatic N) is 4. The van der Waals surface area contributed by atoms with Gasteiger partial charge in [0.25, 0.3) is 5.91 Å². The van der Waals surface area contributed by atoms with Gasteiger partial charge in [0.05, 0.1) is 21.7 Å². The van der Waals surface area contributed by atoms with Crippen molar-refractivity contribution in [3.63, 3.8) is 0 Å². The van der Waals surface area contributed by atoms with Gasteiger partial charge in [-0.15, -0.1) is 6.58 Å². The number of benzene rings is 2. The van der Waals surface area contributed by atoms with Crippen LogP contribution in [-0.2, 0) is 21.3 Å². The molecule has 1 aliphatic heterocycles. The molecule has 2 aromatic carbocycles. The number of carbonyl (C=O) groups is 2. The van der Waals surface area contributed by atoms with E-state index in [1.165, 1.54) is 44.8 Å². The van der Waals surface area contributed by atoms with Crippen LogP contribution < -0.4 is 4.80 Å². The topological polar surface area (TPSA) is 101 Å². The standard InChI is InChI=1S/C26H30N4O5S2/c1-5-11-30-22-17-18(3)16-19(4)23(22)36-25(30)27-24(31)20-7-9-21(10-8-20)37(33,34)29-14-12-28(13-15-29)26(32)35-6-2/h5,7-10,16-17H,1,6,11-15H2,2-4H3. The molecule has 3 aromatic rings. The number of thiazole rings is 1. The highest BCUT2D eigenvalue weighted by Gasteiger charge is 2.30. The number of aryl methyl sites for hydroxylation is 2. The van der Waals surface area contributed by atoms with Crippen molar-refractivity contribution in [2.45, 2.75) is 32.2 Å². The Morgan fingerprint density at radius 1 is 1.11 bits per heavy atom. The van der Waals surface area contributed by atoms with Gasteiger partial charge in [0.2, 0.25) is 10.0 Å². The predicted octanol–water partition coefficient (Wildman–Crippen LogP) is 3.71. The summed E-state index contributed by atoms with van der Waals surface area (Å²) in [5.41, 5.74) is 3.53. The minimum absolute atomic E-state index is 0.0864. The zero-order chi connectivity index (χ0) is 26.7. The molecule has 0 atom stereocenters. The highest BCUT2D eigenvalue weighted by atomic mass is 32.2. The van der Waals surface area contributed by atoms with E-state index < -0.39 is 22.0 Å². The highest BCUT2D eigenvalue weighted by Crippen LogP contribution is 2.24. The van der Waals surface area contributed by atoms with Gasteiger partial charge in [0, 0.05) is 38.3 Å². The molecule has 0 N–H and O–H groups in total. The number of fused-ring (bicyclic) bond motifs is 1. The molecular formula is C26H30N4O5S2. The molecule has 0 radical (unpaired) electrons. The van der Waals surface area contributed by atoms with E-state index in [4.69, 9.17) is 4.74 Å². The molecule has 0 bridgehead atoms. The van der Waals surface area contributed by atoms with Crippen molar-refractivity contribution in [3.05, 3.63) is 70.5 Å². The molecule has 196 valence electrons. The highest BCUT2D eigenvalue weighted by molar-refractivity contribution is 7.89. The van der Waals surface area contributed by atoms with E-state index in [0.29, 0.717) is 16.9 Å².